The molecule has 0 N–H and O–H groups in total. The molecule has 1 aliphatic rings. The van der Waals surface area contributed by atoms with Crippen molar-refractivity contribution in [2.45, 2.75) is 0 Å². The van der Waals surface area contributed by atoms with E-state index in [2.05, 4.69) is 19.8 Å². The second kappa shape index (κ2) is 5.75. The molecular weight excluding hydrogens is 269 g/mol. The highest BCUT2D eigenvalue weighted by Gasteiger charge is 2.19. The second-order valence-electron chi connectivity index (χ2n) is 4.83. The van der Waals surface area contributed by atoms with Crippen LogP contribution < -0.4 is 9.80 Å². The van der Waals surface area contributed by atoms with Gasteiger partial charge in [0, 0.05) is 44.3 Å². The van der Waals surface area contributed by atoms with Gasteiger partial charge in [-0.15, -0.1) is 0 Å². The van der Waals surface area contributed by atoms with E-state index >= 15 is 0 Å². The third-order valence-electron chi connectivity index (χ3n) is 3.49. The molecule has 0 saturated carbocycles. The van der Waals surface area contributed by atoms with Crippen molar-refractivity contribution in [1.29, 1.82) is 5.26 Å². The van der Waals surface area contributed by atoms with Crippen LogP contribution >= 0.6 is 0 Å². The average Bonchev–Trinajstić information content (AvgIpc) is 2.55. The normalized spacial score (nSPS) is 14.9. The molecule has 0 radical (unpaired) electrons. The van der Waals surface area contributed by atoms with E-state index in [1.54, 1.807) is 24.5 Å². The summed E-state index contributed by atoms with van der Waals surface area (Å²) in [5, 5.41) is 8.92. The smallest absolute Gasteiger partial charge is 0.225 e. The molecule has 1 aliphatic heterocycles. The van der Waals surface area contributed by atoms with Crippen molar-refractivity contribution in [3.05, 3.63) is 48.0 Å². The lowest BCUT2D eigenvalue weighted by molar-refractivity contribution is 0.617. The van der Waals surface area contributed by atoms with Crippen LogP contribution in [0.15, 0.2) is 36.7 Å². The van der Waals surface area contributed by atoms with Gasteiger partial charge in [-0.3, -0.25) is 0 Å². The first-order valence-electron chi connectivity index (χ1n) is 6.74. The highest BCUT2D eigenvalue weighted by atomic mass is 19.1. The van der Waals surface area contributed by atoms with E-state index in [9.17, 15) is 4.39 Å². The molecule has 0 spiro atoms. The summed E-state index contributed by atoms with van der Waals surface area (Å²) in [5.41, 5.74) is 1.10. The van der Waals surface area contributed by atoms with E-state index in [0.29, 0.717) is 11.5 Å². The number of halogens is 1. The van der Waals surface area contributed by atoms with E-state index in [1.807, 2.05) is 6.07 Å². The topological polar surface area (TPSA) is 56.1 Å². The maximum atomic E-state index is 13.5. The van der Waals surface area contributed by atoms with Gasteiger partial charge in [-0.2, -0.15) is 5.26 Å². The molecule has 0 amide bonds. The molecule has 21 heavy (non-hydrogen) atoms. The van der Waals surface area contributed by atoms with Crippen molar-refractivity contribution in [2.24, 2.45) is 0 Å². The number of hydrogen-bond acceptors (Lipinski definition) is 5. The molecule has 0 bridgehead atoms. The largest absolute Gasteiger partial charge is 0.368 e. The highest BCUT2D eigenvalue weighted by Crippen LogP contribution is 2.21. The Morgan fingerprint density at radius 2 is 1.67 bits per heavy atom. The zero-order valence-corrected chi connectivity index (χ0v) is 11.4. The SMILES string of the molecule is N#Cc1cc(F)cc(N2CCN(c3ncccn3)CC2)c1. The molecule has 0 aliphatic carbocycles. The van der Waals surface area contributed by atoms with Crippen LogP contribution in [0, 0.1) is 17.1 Å². The van der Waals surface area contributed by atoms with Gasteiger partial charge in [0.05, 0.1) is 11.6 Å². The molecule has 6 heteroatoms. The molecule has 1 aromatic carbocycles. The third-order valence-corrected chi connectivity index (χ3v) is 3.49. The Hall–Kier alpha value is -2.68. The first-order valence-corrected chi connectivity index (χ1v) is 6.74. The van der Waals surface area contributed by atoms with Crippen molar-refractivity contribution in [3.63, 3.8) is 0 Å². The Bertz CT molecular complexity index is 660. The monoisotopic (exact) mass is 283 g/mol. The van der Waals surface area contributed by atoms with Crippen molar-refractivity contribution < 1.29 is 4.39 Å². The fourth-order valence-corrected chi connectivity index (χ4v) is 2.44. The summed E-state index contributed by atoms with van der Waals surface area (Å²) in [7, 11) is 0. The molecule has 106 valence electrons. The molecule has 0 atom stereocenters. The summed E-state index contributed by atoms with van der Waals surface area (Å²) in [4.78, 5) is 12.6. The van der Waals surface area contributed by atoms with Gasteiger partial charge in [0.1, 0.15) is 5.82 Å². The number of nitriles is 1. The molecule has 5 nitrogen and oxygen atoms in total. The molecule has 2 aromatic rings. The zero-order chi connectivity index (χ0) is 14.7. The predicted octanol–water partition coefficient (Wildman–Crippen LogP) is 1.81. The van der Waals surface area contributed by atoms with Gasteiger partial charge >= 0.3 is 0 Å². The van der Waals surface area contributed by atoms with Crippen LogP contribution in [0.2, 0.25) is 0 Å². The molecule has 2 heterocycles. The lowest BCUT2D eigenvalue weighted by Crippen LogP contribution is -2.47. The number of rotatable bonds is 2. The Kier molecular flexibility index (Phi) is 3.65. The van der Waals surface area contributed by atoms with Crippen LogP contribution in [0.3, 0.4) is 0 Å². The highest BCUT2D eigenvalue weighted by molar-refractivity contribution is 5.53. The van der Waals surface area contributed by atoms with Gasteiger partial charge in [0.15, 0.2) is 0 Å². The maximum absolute atomic E-state index is 13.5. The van der Waals surface area contributed by atoms with Gasteiger partial charge in [-0.05, 0) is 24.3 Å². The van der Waals surface area contributed by atoms with Crippen LogP contribution in [0.5, 0.6) is 0 Å². The van der Waals surface area contributed by atoms with Gasteiger partial charge in [-0.1, -0.05) is 0 Å². The molecule has 1 fully saturated rings. The number of nitrogens with zero attached hydrogens (tertiary/aromatic N) is 5. The molecule has 3 rings (SSSR count). The van der Waals surface area contributed by atoms with Gasteiger partial charge in [0.25, 0.3) is 0 Å². The number of hydrogen-bond donors (Lipinski definition) is 0. The fourth-order valence-electron chi connectivity index (χ4n) is 2.44. The van der Waals surface area contributed by atoms with Crippen molar-refractivity contribution >= 4 is 11.6 Å². The number of piperazine rings is 1. The van der Waals surface area contributed by atoms with Crippen LogP contribution in [-0.4, -0.2) is 36.1 Å². The lowest BCUT2D eigenvalue weighted by atomic mass is 10.2. The number of benzene rings is 1. The van der Waals surface area contributed by atoms with Crippen LogP contribution in [0.25, 0.3) is 0 Å². The quantitative estimate of drug-likeness (QED) is 0.841. The molecule has 1 saturated heterocycles. The van der Waals surface area contributed by atoms with Crippen LogP contribution in [0.1, 0.15) is 5.56 Å². The van der Waals surface area contributed by atoms with Crippen LogP contribution in [-0.2, 0) is 0 Å². The average molecular weight is 283 g/mol. The minimum absolute atomic E-state index is 0.346. The minimum atomic E-state index is -0.377. The van der Waals surface area contributed by atoms with E-state index < -0.39 is 0 Å². The summed E-state index contributed by atoms with van der Waals surface area (Å²) >= 11 is 0. The predicted molar refractivity (Wildman–Crippen MR) is 77.6 cm³/mol. The Morgan fingerprint density at radius 1 is 1.00 bits per heavy atom. The van der Waals surface area contributed by atoms with Crippen LogP contribution in [0.4, 0.5) is 16.0 Å². The zero-order valence-electron chi connectivity index (χ0n) is 11.4. The van der Waals surface area contributed by atoms with E-state index in [1.165, 1.54) is 12.1 Å². The molecule has 0 unspecified atom stereocenters. The summed E-state index contributed by atoms with van der Waals surface area (Å²) < 4.78 is 13.5. The Morgan fingerprint density at radius 3 is 2.33 bits per heavy atom. The van der Waals surface area contributed by atoms with Crippen molar-refractivity contribution in [3.8, 4) is 6.07 Å². The lowest BCUT2D eigenvalue weighted by Gasteiger charge is -2.36. The van der Waals surface area contributed by atoms with E-state index in [0.717, 1.165) is 31.9 Å². The van der Waals surface area contributed by atoms with Gasteiger partial charge < -0.3 is 9.80 Å². The van der Waals surface area contributed by atoms with E-state index in [4.69, 9.17) is 5.26 Å². The third kappa shape index (κ3) is 2.92. The van der Waals surface area contributed by atoms with Crippen molar-refractivity contribution in [1.82, 2.24) is 9.97 Å². The summed E-state index contributed by atoms with van der Waals surface area (Å²) in [6, 6.07) is 8.21. The van der Waals surface area contributed by atoms with Crippen molar-refractivity contribution in [2.75, 3.05) is 36.0 Å². The molecular formula is C15H14FN5. The first-order chi connectivity index (χ1) is 10.3. The number of anilines is 2. The minimum Gasteiger partial charge on any atom is -0.368 e. The maximum Gasteiger partial charge on any atom is 0.225 e. The Labute approximate surface area is 122 Å². The summed E-state index contributed by atoms with van der Waals surface area (Å²) in [6.45, 7) is 3.02. The standard InChI is InChI=1S/C15H14FN5/c16-13-8-12(11-17)9-14(10-13)20-4-6-21(7-5-20)15-18-2-1-3-19-15/h1-3,8-10H,4-7H2. The fraction of sp³-hybridized carbons (Fsp3) is 0.267. The molecule has 1 aromatic heterocycles. The first kappa shape index (κ1) is 13.3. The summed E-state index contributed by atoms with van der Waals surface area (Å²) in [6.07, 6.45) is 3.45. The van der Waals surface area contributed by atoms with E-state index in [-0.39, 0.29) is 5.82 Å². The second-order valence-corrected chi connectivity index (χ2v) is 4.83. The summed E-state index contributed by atoms with van der Waals surface area (Å²) in [5.74, 6) is 0.340. The Balaban J connectivity index is 1.71. The van der Waals surface area contributed by atoms with Gasteiger partial charge in [0.2, 0.25) is 5.95 Å². The van der Waals surface area contributed by atoms with Gasteiger partial charge in [-0.25, -0.2) is 14.4 Å². The number of aromatic nitrogens is 2.